The fourth-order valence-corrected chi connectivity index (χ4v) is 3.61. The summed E-state index contributed by atoms with van der Waals surface area (Å²) in [7, 11) is 0. The number of carbonyl (C=O) groups excluding carboxylic acids is 1. The summed E-state index contributed by atoms with van der Waals surface area (Å²) >= 11 is 0. The Labute approximate surface area is 181 Å². The highest BCUT2D eigenvalue weighted by Crippen LogP contribution is 2.22. The first-order valence-electron chi connectivity index (χ1n) is 9.89. The summed E-state index contributed by atoms with van der Waals surface area (Å²) in [5, 5.41) is 23.2. The molecule has 0 unspecified atom stereocenters. The predicted octanol–water partition coefficient (Wildman–Crippen LogP) is 2.18. The van der Waals surface area contributed by atoms with E-state index < -0.39 is 5.54 Å². The van der Waals surface area contributed by atoms with E-state index in [0.29, 0.717) is 11.4 Å². The molecule has 0 aliphatic carbocycles. The van der Waals surface area contributed by atoms with Crippen LogP contribution in [0.3, 0.4) is 0 Å². The van der Waals surface area contributed by atoms with Crippen molar-refractivity contribution in [3.63, 3.8) is 0 Å². The van der Waals surface area contributed by atoms with Gasteiger partial charge in [-0.1, -0.05) is 28.6 Å². The summed E-state index contributed by atoms with van der Waals surface area (Å²) in [5.41, 5.74) is 2.01. The summed E-state index contributed by atoms with van der Waals surface area (Å²) in [6.45, 7) is 7.61. The van der Waals surface area contributed by atoms with Crippen molar-refractivity contribution in [1.29, 1.82) is 0 Å². The molecule has 3 heterocycles. The van der Waals surface area contributed by atoms with Gasteiger partial charge in [-0.25, -0.2) is 9.36 Å². The highest BCUT2D eigenvalue weighted by Gasteiger charge is 2.30. The Morgan fingerprint density at radius 1 is 1.13 bits per heavy atom. The third-order valence-corrected chi connectivity index (χ3v) is 5.38. The van der Waals surface area contributed by atoms with Crippen molar-refractivity contribution >= 4 is 18.3 Å². The molecular weight excluding hydrogens is 404 g/mol. The van der Waals surface area contributed by atoms with Gasteiger partial charge < -0.3 is 10.6 Å². The summed E-state index contributed by atoms with van der Waals surface area (Å²) in [4.78, 5) is 12.9. The fourth-order valence-electron chi connectivity index (χ4n) is 3.61. The Hall–Kier alpha value is -2.78. The molecule has 0 bridgehead atoms. The lowest BCUT2D eigenvalue weighted by Crippen LogP contribution is -2.41. The molecule has 4 rings (SSSR count). The van der Waals surface area contributed by atoms with Crippen LogP contribution in [0.15, 0.2) is 36.5 Å². The van der Waals surface area contributed by atoms with E-state index in [1.54, 1.807) is 4.68 Å². The van der Waals surface area contributed by atoms with Crippen LogP contribution in [0.5, 0.6) is 0 Å². The number of hydrogen-bond donors (Lipinski definition) is 2. The molecule has 9 nitrogen and oxygen atoms in total. The van der Waals surface area contributed by atoms with Crippen LogP contribution in [-0.4, -0.2) is 49.0 Å². The van der Waals surface area contributed by atoms with Crippen molar-refractivity contribution in [3.8, 4) is 5.69 Å². The van der Waals surface area contributed by atoms with Gasteiger partial charge in [0.1, 0.15) is 5.69 Å². The minimum atomic E-state index is -0.713. The first-order valence-corrected chi connectivity index (χ1v) is 9.89. The number of aromatic nitrogens is 6. The molecule has 1 aromatic carbocycles. The highest BCUT2D eigenvalue weighted by molar-refractivity contribution is 5.93. The number of halogens is 1. The number of benzene rings is 1. The fraction of sp³-hybridized carbons (Fsp3) is 0.450. The van der Waals surface area contributed by atoms with Gasteiger partial charge >= 0.3 is 0 Å². The lowest BCUT2D eigenvalue weighted by atomic mass is 10.0. The zero-order valence-corrected chi connectivity index (χ0v) is 18.2. The maximum absolute atomic E-state index is 12.9. The molecule has 3 aromatic rings. The number of piperidine rings is 1. The quantitative estimate of drug-likeness (QED) is 0.643. The molecule has 10 heteroatoms. The number of rotatable bonds is 5. The monoisotopic (exact) mass is 430 g/mol. The van der Waals surface area contributed by atoms with Gasteiger partial charge in [-0.3, -0.25) is 4.79 Å². The van der Waals surface area contributed by atoms with Crippen molar-refractivity contribution in [2.75, 3.05) is 13.1 Å². The third-order valence-electron chi connectivity index (χ3n) is 5.38. The normalized spacial score (nSPS) is 14.9. The molecule has 2 N–H and O–H groups in total. The summed E-state index contributed by atoms with van der Waals surface area (Å²) in [6.07, 6.45) is 3.80. The standard InChI is InChI=1S/C20H26N8O.ClH/c1-14-18(24-26-28(14)16-9-11-21-12-10-16)19(29)22-20(2,3)17-13-27(25-23-17)15-7-5-4-6-8-15;/h4-8,13,16,21H,9-12H2,1-3H3,(H,22,29);1H. The zero-order valence-electron chi connectivity index (χ0n) is 17.4. The van der Waals surface area contributed by atoms with Gasteiger partial charge in [0.05, 0.1) is 29.2 Å². The Morgan fingerprint density at radius 3 is 2.53 bits per heavy atom. The van der Waals surface area contributed by atoms with E-state index in [1.165, 1.54) is 0 Å². The van der Waals surface area contributed by atoms with Gasteiger partial charge in [-0.2, -0.15) is 0 Å². The maximum Gasteiger partial charge on any atom is 0.274 e. The summed E-state index contributed by atoms with van der Waals surface area (Å²) in [5.74, 6) is -0.262. The van der Waals surface area contributed by atoms with Crippen LogP contribution in [0.4, 0.5) is 0 Å². The molecule has 1 aliphatic heterocycles. The molecule has 1 saturated heterocycles. The van der Waals surface area contributed by atoms with Gasteiger partial charge in [0, 0.05) is 0 Å². The topological polar surface area (TPSA) is 103 Å². The van der Waals surface area contributed by atoms with Crippen molar-refractivity contribution in [1.82, 2.24) is 40.6 Å². The molecule has 0 saturated carbocycles. The van der Waals surface area contributed by atoms with Gasteiger partial charge in [0.2, 0.25) is 0 Å². The van der Waals surface area contributed by atoms with E-state index >= 15 is 0 Å². The van der Waals surface area contributed by atoms with Crippen LogP contribution in [-0.2, 0) is 5.54 Å². The second-order valence-corrected chi connectivity index (χ2v) is 7.91. The van der Waals surface area contributed by atoms with Gasteiger partial charge in [0.25, 0.3) is 5.91 Å². The van der Waals surface area contributed by atoms with Crippen molar-refractivity contribution in [2.45, 2.75) is 45.2 Å². The first kappa shape index (κ1) is 21.9. The number of amides is 1. The zero-order chi connectivity index (χ0) is 20.4. The van der Waals surface area contributed by atoms with Crippen LogP contribution < -0.4 is 10.6 Å². The van der Waals surface area contributed by atoms with E-state index in [4.69, 9.17) is 0 Å². The average molecular weight is 431 g/mol. The largest absolute Gasteiger partial charge is 0.340 e. The van der Waals surface area contributed by atoms with E-state index in [9.17, 15) is 4.79 Å². The summed E-state index contributed by atoms with van der Waals surface area (Å²) in [6, 6.07) is 10.0. The van der Waals surface area contributed by atoms with Crippen LogP contribution in [0, 0.1) is 6.92 Å². The predicted molar refractivity (Wildman–Crippen MR) is 115 cm³/mol. The van der Waals surface area contributed by atoms with E-state index in [0.717, 1.165) is 37.3 Å². The maximum atomic E-state index is 12.9. The minimum absolute atomic E-state index is 0. The minimum Gasteiger partial charge on any atom is -0.340 e. The molecule has 2 aromatic heterocycles. The molecule has 1 amide bonds. The SMILES string of the molecule is Cc1c(C(=O)NC(C)(C)c2cn(-c3ccccc3)nn2)nnn1C1CCNCC1.Cl. The van der Waals surface area contributed by atoms with E-state index in [2.05, 4.69) is 31.3 Å². The molecule has 30 heavy (non-hydrogen) atoms. The van der Waals surface area contributed by atoms with Gasteiger partial charge in [-0.15, -0.1) is 22.6 Å². The van der Waals surface area contributed by atoms with Crippen molar-refractivity contribution in [3.05, 3.63) is 53.6 Å². The number of carbonyl (C=O) groups is 1. The Kier molecular flexibility index (Phi) is 6.52. The van der Waals surface area contributed by atoms with Crippen molar-refractivity contribution < 1.29 is 4.79 Å². The molecule has 1 fully saturated rings. The molecule has 1 aliphatic rings. The third kappa shape index (κ3) is 4.36. The van der Waals surface area contributed by atoms with E-state index in [1.807, 2.05) is 62.0 Å². The van der Waals surface area contributed by atoms with Gasteiger partial charge in [-0.05, 0) is 58.8 Å². The number of nitrogens with zero attached hydrogens (tertiary/aromatic N) is 6. The van der Waals surface area contributed by atoms with Crippen molar-refractivity contribution in [2.24, 2.45) is 0 Å². The van der Waals surface area contributed by atoms with Crippen LogP contribution in [0.1, 0.15) is 54.6 Å². The number of hydrogen-bond acceptors (Lipinski definition) is 6. The molecule has 0 atom stereocenters. The summed E-state index contributed by atoms with van der Waals surface area (Å²) < 4.78 is 3.58. The lowest BCUT2D eigenvalue weighted by molar-refractivity contribution is 0.0904. The number of nitrogens with one attached hydrogen (secondary N) is 2. The lowest BCUT2D eigenvalue weighted by Gasteiger charge is -2.24. The molecule has 0 spiro atoms. The Bertz CT molecular complexity index is 991. The van der Waals surface area contributed by atoms with Crippen LogP contribution >= 0.6 is 12.4 Å². The Balaban J connectivity index is 0.00000256. The molecule has 0 radical (unpaired) electrons. The second kappa shape index (κ2) is 8.93. The average Bonchev–Trinajstić information content (AvgIpc) is 3.37. The smallest absolute Gasteiger partial charge is 0.274 e. The highest BCUT2D eigenvalue weighted by atomic mass is 35.5. The second-order valence-electron chi connectivity index (χ2n) is 7.91. The van der Waals surface area contributed by atoms with E-state index in [-0.39, 0.29) is 24.4 Å². The van der Waals surface area contributed by atoms with Crippen LogP contribution in [0.2, 0.25) is 0 Å². The number of para-hydroxylation sites is 1. The van der Waals surface area contributed by atoms with Gasteiger partial charge in [0.15, 0.2) is 5.69 Å². The van der Waals surface area contributed by atoms with Crippen LogP contribution in [0.25, 0.3) is 5.69 Å². The molecule has 160 valence electrons. The first-order chi connectivity index (χ1) is 14.0. The Morgan fingerprint density at radius 2 is 1.83 bits per heavy atom. The molecular formula is C20H27ClN8O.